The first-order chi connectivity index (χ1) is 10.3. The molecule has 122 valence electrons. The predicted octanol–water partition coefficient (Wildman–Crippen LogP) is 2.67. The summed E-state index contributed by atoms with van der Waals surface area (Å²) in [5.74, 6) is 1.23. The van der Waals surface area contributed by atoms with E-state index in [1.807, 2.05) is 20.8 Å². The van der Waals surface area contributed by atoms with E-state index >= 15 is 0 Å². The Morgan fingerprint density at radius 2 is 2.05 bits per heavy atom. The minimum Gasteiger partial charge on any atom is -0.493 e. The summed E-state index contributed by atoms with van der Waals surface area (Å²) in [7, 11) is 1.57. The molecule has 1 saturated heterocycles. The lowest BCUT2D eigenvalue weighted by Crippen LogP contribution is -2.36. The van der Waals surface area contributed by atoms with Crippen LogP contribution in [0.3, 0.4) is 0 Å². The largest absolute Gasteiger partial charge is 0.493 e. The molecule has 1 aromatic rings. The van der Waals surface area contributed by atoms with Crippen molar-refractivity contribution >= 4 is 11.8 Å². The van der Waals surface area contributed by atoms with Gasteiger partial charge in [-0.25, -0.2) is 4.79 Å². The van der Waals surface area contributed by atoms with Gasteiger partial charge in [-0.1, -0.05) is 0 Å². The van der Waals surface area contributed by atoms with Gasteiger partial charge >= 0.3 is 6.09 Å². The summed E-state index contributed by atoms with van der Waals surface area (Å²) >= 11 is 0. The monoisotopic (exact) mass is 308 g/mol. The maximum atomic E-state index is 12.0. The number of likely N-dealkylation sites (tertiary alicyclic amines) is 1. The van der Waals surface area contributed by atoms with E-state index in [1.54, 1.807) is 30.2 Å². The van der Waals surface area contributed by atoms with Crippen LogP contribution in [0, 0.1) is 0 Å². The predicted molar refractivity (Wildman–Crippen MR) is 84.2 cm³/mol. The van der Waals surface area contributed by atoms with E-state index in [9.17, 15) is 4.79 Å². The first kappa shape index (κ1) is 16.3. The van der Waals surface area contributed by atoms with Gasteiger partial charge < -0.3 is 24.8 Å². The Labute approximate surface area is 131 Å². The van der Waals surface area contributed by atoms with Gasteiger partial charge in [-0.05, 0) is 32.9 Å². The van der Waals surface area contributed by atoms with Crippen LogP contribution in [0.25, 0.3) is 0 Å². The van der Waals surface area contributed by atoms with E-state index in [-0.39, 0.29) is 12.2 Å². The lowest BCUT2D eigenvalue weighted by atomic mass is 10.2. The number of rotatable bonds is 3. The Kier molecular flexibility index (Phi) is 4.68. The van der Waals surface area contributed by atoms with E-state index < -0.39 is 5.60 Å². The van der Waals surface area contributed by atoms with Crippen molar-refractivity contribution in [2.24, 2.45) is 0 Å². The first-order valence-electron chi connectivity index (χ1n) is 7.36. The van der Waals surface area contributed by atoms with Gasteiger partial charge in [0.2, 0.25) is 0 Å². The van der Waals surface area contributed by atoms with Crippen molar-refractivity contribution in [3.05, 3.63) is 18.2 Å². The van der Waals surface area contributed by atoms with Crippen LogP contribution in [0.1, 0.15) is 27.2 Å². The summed E-state index contributed by atoms with van der Waals surface area (Å²) in [5, 5.41) is 0. The highest BCUT2D eigenvalue weighted by atomic mass is 16.6. The van der Waals surface area contributed by atoms with E-state index in [4.69, 9.17) is 19.9 Å². The molecule has 0 spiro atoms. The van der Waals surface area contributed by atoms with E-state index in [1.165, 1.54) is 0 Å². The number of amides is 1. The molecule has 0 unspecified atom stereocenters. The number of anilines is 1. The van der Waals surface area contributed by atoms with Crippen LogP contribution in [0.2, 0.25) is 0 Å². The third-order valence-corrected chi connectivity index (χ3v) is 3.28. The Morgan fingerprint density at radius 1 is 1.32 bits per heavy atom. The molecule has 0 aromatic heterocycles. The summed E-state index contributed by atoms with van der Waals surface area (Å²) in [4.78, 5) is 13.7. The van der Waals surface area contributed by atoms with Crippen molar-refractivity contribution < 1.29 is 19.0 Å². The van der Waals surface area contributed by atoms with Crippen LogP contribution in [0.15, 0.2) is 18.2 Å². The Bertz CT molecular complexity index is 539. The van der Waals surface area contributed by atoms with Crippen LogP contribution in [0.4, 0.5) is 10.5 Å². The molecular weight excluding hydrogens is 284 g/mol. The molecule has 0 aliphatic carbocycles. The van der Waals surface area contributed by atoms with Crippen molar-refractivity contribution in [3.8, 4) is 11.5 Å². The summed E-state index contributed by atoms with van der Waals surface area (Å²) < 4.78 is 16.6. The highest BCUT2D eigenvalue weighted by Crippen LogP contribution is 2.31. The van der Waals surface area contributed by atoms with E-state index in [2.05, 4.69) is 0 Å². The molecule has 1 aromatic carbocycles. The summed E-state index contributed by atoms with van der Waals surface area (Å²) in [6.45, 7) is 6.69. The first-order valence-corrected chi connectivity index (χ1v) is 7.36. The molecule has 2 N–H and O–H groups in total. The minimum atomic E-state index is -0.490. The zero-order valence-corrected chi connectivity index (χ0v) is 13.6. The van der Waals surface area contributed by atoms with Crippen molar-refractivity contribution in [2.75, 3.05) is 25.9 Å². The van der Waals surface area contributed by atoms with Crippen LogP contribution < -0.4 is 15.2 Å². The number of methoxy groups -OCH3 is 1. The molecule has 1 aliphatic heterocycles. The summed E-state index contributed by atoms with van der Waals surface area (Å²) in [6, 6.07) is 5.26. The lowest BCUT2D eigenvalue weighted by molar-refractivity contribution is 0.0275. The zero-order chi connectivity index (χ0) is 16.3. The van der Waals surface area contributed by atoms with Crippen molar-refractivity contribution in [3.63, 3.8) is 0 Å². The van der Waals surface area contributed by atoms with Gasteiger partial charge in [0.05, 0.1) is 13.7 Å². The fourth-order valence-electron chi connectivity index (χ4n) is 2.28. The van der Waals surface area contributed by atoms with Crippen molar-refractivity contribution in [1.82, 2.24) is 4.90 Å². The van der Waals surface area contributed by atoms with Gasteiger partial charge in [-0.15, -0.1) is 0 Å². The molecule has 0 saturated carbocycles. The van der Waals surface area contributed by atoms with E-state index in [0.717, 1.165) is 6.42 Å². The summed E-state index contributed by atoms with van der Waals surface area (Å²) in [5.41, 5.74) is 5.85. The topological polar surface area (TPSA) is 74.0 Å². The standard InChI is InChI=1S/C16H24N2O4/c1-16(2,3)22-15(19)18-8-7-12(10-18)21-13-6-5-11(17)9-14(13)20-4/h5-6,9,12H,7-8,10,17H2,1-4H3/t12-/m0/s1. The number of hydrogen-bond acceptors (Lipinski definition) is 5. The highest BCUT2D eigenvalue weighted by molar-refractivity contribution is 5.68. The van der Waals surface area contributed by atoms with Crippen molar-refractivity contribution in [2.45, 2.75) is 38.9 Å². The molecule has 0 radical (unpaired) electrons. The number of nitrogens with two attached hydrogens (primary N) is 1. The molecule has 2 rings (SSSR count). The van der Waals surface area contributed by atoms with Crippen molar-refractivity contribution in [1.29, 1.82) is 0 Å². The molecule has 1 heterocycles. The minimum absolute atomic E-state index is 0.0787. The average molecular weight is 308 g/mol. The fourth-order valence-corrected chi connectivity index (χ4v) is 2.28. The Hall–Kier alpha value is -2.11. The molecule has 1 aliphatic rings. The van der Waals surface area contributed by atoms with Crippen LogP contribution in [-0.2, 0) is 4.74 Å². The summed E-state index contributed by atoms with van der Waals surface area (Å²) in [6.07, 6.45) is 0.375. The molecule has 0 bridgehead atoms. The van der Waals surface area contributed by atoms with Gasteiger partial charge in [-0.3, -0.25) is 0 Å². The second-order valence-corrected chi connectivity index (χ2v) is 6.37. The maximum absolute atomic E-state index is 12.0. The third kappa shape index (κ3) is 4.19. The highest BCUT2D eigenvalue weighted by Gasteiger charge is 2.31. The molecule has 1 fully saturated rings. The molecular formula is C16H24N2O4. The fraction of sp³-hybridized carbons (Fsp3) is 0.562. The van der Waals surface area contributed by atoms with Gasteiger partial charge in [0.25, 0.3) is 0 Å². The smallest absolute Gasteiger partial charge is 0.410 e. The van der Waals surface area contributed by atoms with Gasteiger partial charge in [-0.2, -0.15) is 0 Å². The van der Waals surface area contributed by atoms with Gasteiger partial charge in [0.15, 0.2) is 11.5 Å². The quantitative estimate of drug-likeness (QED) is 0.869. The molecule has 1 amide bonds. The van der Waals surface area contributed by atoms with Crippen LogP contribution in [0.5, 0.6) is 11.5 Å². The number of nitrogens with zero attached hydrogens (tertiary/aromatic N) is 1. The second-order valence-electron chi connectivity index (χ2n) is 6.37. The normalized spacial score (nSPS) is 18.2. The molecule has 6 heteroatoms. The third-order valence-electron chi connectivity index (χ3n) is 3.28. The second kappa shape index (κ2) is 6.34. The van der Waals surface area contributed by atoms with Crippen LogP contribution in [-0.4, -0.2) is 42.9 Å². The lowest BCUT2D eigenvalue weighted by Gasteiger charge is -2.24. The Balaban J connectivity index is 1.95. The maximum Gasteiger partial charge on any atom is 0.410 e. The number of nitrogen functional groups attached to an aromatic ring is 1. The Morgan fingerprint density at radius 3 is 2.68 bits per heavy atom. The number of hydrogen-bond donors (Lipinski definition) is 1. The van der Waals surface area contributed by atoms with E-state index in [0.29, 0.717) is 30.3 Å². The molecule has 6 nitrogen and oxygen atoms in total. The zero-order valence-electron chi connectivity index (χ0n) is 13.6. The number of carbonyl (C=O) groups is 1. The number of benzene rings is 1. The number of ether oxygens (including phenoxy) is 3. The number of carbonyl (C=O) groups excluding carboxylic acids is 1. The SMILES string of the molecule is COc1cc(N)ccc1O[C@H]1CCN(C(=O)OC(C)(C)C)C1. The molecule has 22 heavy (non-hydrogen) atoms. The average Bonchev–Trinajstić information content (AvgIpc) is 2.87. The molecule has 1 atom stereocenters. The van der Waals surface area contributed by atoms with Gasteiger partial charge in [0, 0.05) is 24.7 Å². The van der Waals surface area contributed by atoms with Crippen LogP contribution >= 0.6 is 0 Å². The van der Waals surface area contributed by atoms with Gasteiger partial charge in [0.1, 0.15) is 11.7 Å².